The molecule has 0 aromatic heterocycles. The number of epoxide rings is 1. The number of hydrogen-bond acceptors (Lipinski definition) is 2. The standard InChI is InChI=1S/C18H20O2/c1-2-16(14-8-4-3-5-9-14)17-10-6-7-11-18(17)20-13-15-12-19-15/h3-11,15-16H,2,12-13H2,1H3. The van der Waals surface area contributed by atoms with Gasteiger partial charge in [0.05, 0.1) is 6.61 Å². The van der Waals surface area contributed by atoms with Crippen molar-refractivity contribution in [2.75, 3.05) is 13.2 Å². The lowest BCUT2D eigenvalue weighted by molar-refractivity contribution is 0.260. The zero-order valence-corrected chi connectivity index (χ0v) is 11.8. The molecule has 2 unspecified atom stereocenters. The molecule has 0 saturated carbocycles. The van der Waals surface area contributed by atoms with Crippen molar-refractivity contribution in [1.82, 2.24) is 0 Å². The first-order valence-electron chi connectivity index (χ1n) is 7.26. The molecule has 20 heavy (non-hydrogen) atoms. The van der Waals surface area contributed by atoms with Crippen molar-refractivity contribution in [3.05, 3.63) is 65.7 Å². The van der Waals surface area contributed by atoms with Gasteiger partial charge in [0.25, 0.3) is 0 Å². The second-order valence-electron chi connectivity index (χ2n) is 5.18. The molecule has 2 atom stereocenters. The Bertz CT molecular complexity index is 546. The first-order chi connectivity index (χ1) is 9.88. The summed E-state index contributed by atoms with van der Waals surface area (Å²) in [5.74, 6) is 1.37. The summed E-state index contributed by atoms with van der Waals surface area (Å²) in [7, 11) is 0. The number of para-hydroxylation sites is 1. The molecular weight excluding hydrogens is 248 g/mol. The minimum atomic E-state index is 0.292. The fraction of sp³-hybridized carbons (Fsp3) is 0.333. The molecule has 1 saturated heterocycles. The number of rotatable bonds is 6. The van der Waals surface area contributed by atoms with Gasteiger partial charge in [0.2, 0.25) is 0 Å². The van der Waals surface area contributed by atoms with Gasteiger partial charge in [0.1, 0.15) is 18.5 Å². The van der Waals surface area contributed by atoms with Crippen LogP contribution in [-0.2, 0) is 4.74 Å². The third kappa shape index (κ3) is 3.02. The van der Waals surface area contributed by atoms with E-state index in [2.05, 4.69) is 55.5 Å². The molecule has 3 rings (SSSR count). The monoisotopic (exact) mass is 268 g/mol. The summed E-state index contributed by atoms with van der Waals surface area (Å²) in [5, 5.41) is 0. The van der Waals surface area contributed by atoms with Crippen molar-refractivity contribution >= 4 is 0 Å². The highest BCUT2D eigenvalue weighted by molar-refractivity contribution is 5.42. The van der Waals surface area contributed by atoms with E-state index in [1.807, 2.05) is 6.07 Å². The Balaban J connectivity index is 1.86. The third-order valence-electron chi connectivity index (χ3n) is 3.73. The second-order valence-corrected chi connectivity index (χ2v) is 5.18. The maximum Gasteiger partial charge on any atom is 0.123 e. The summed E-state index contributed by atoms with van der Waals surface area (Å²) in [5.41, 5.74) is 2.61. The summed E-state index contributed by atoms with van der Waals surface area (Å²) >= 11 is 0. The predicted molar refractivity (Wildman–Crippen MR) is 80.3 cm³/mol. The van der Waals surface area contributed by atoms with Crippen LogP contribution in [0.4, 0.5) is 0 Å². The lowest BCUT2D eigenvalue weighted by atomic mass is 9.88. The van der Waals surface area contributed by atoms with Gasteiger partial charge in [-0.05, 0) is 18.1 Å². The quantitative estimate of drug-likeness (QED) is 0.738. The molecular formula is C18H20O2. The number of benzene rings is 2. The highest BCUT2D eigenvalue weighted by atomic mass is 16.6. The topological polar surface area (TPSA) is 21.8 Å². The van der Waals surface area contributed by atoms with Crippen LogP contribution in [0, 0.1) is 0 Å². The lowest BCUT2D eigenvalue weighted by Gasteiger charge is -2.19. The first-order valence-corrected chi connectivity index (χ1v) is 7.26. The molecule has 0 radical (unpaired) electrons. The van der Waals surface area contributed by atoms with Crippen LogP contribution in [0.3, 0.4) is 0 Å². The molecule has 0 N–H and O–H groups in total. The first kappa shape index (κ1) is 13.2. The number of ether oxygens (including phenoxy) is 2. The van der Waals surface area contributed by atoms with E-state index < -0.39 is 0 Å². The third-order valence-corrected chi connectivity index (χ3v) is 3.73. The average molecular weight is 268 g/mol. The van der Waals surface area contributed by atoms with E-state index in [9.17, 15) is 0 Å². The number of hydrogen-bond donors (Lipinski definition) is 0. The van der Waals surface area contributed by atoms with Crippen molar-refractivity contribution in [2.24, 2.45) is 0 Å². The summed E-state index contributed by atoms with van der Waals surface area (Å²) < 4.78 is 11.2. The fourth-order valence-electron chi connectivity index (χ4n) is 2.57. The zero-order valence-electron chi connectivity index (χ0n) is 11.8. The largest absolute Gasteiger partial charge is 0.490 e. The van der Waals surface area contributed by atoms with Crippen molar-refractivity contribution < 1.29 is 9.47 Å². The maximum atomic E-state index is 5.94. The Morgan fingerprint density at radius 3 is 2.50 bits per heavy atom. The minimum Gasteiger partial charge on any atom is -0.490 e. The van der Waals surface area contributed by atoms with Crippen LogP contribution in [0.15, 0.2) is 54.6 Å². The van der Waals surface area contributed by atoms with Crippen molar-refractivity contribution in [3.8, 4) is 5.75 Å². The summed E-state index contributed by atoms with van der Waals surface area (Å²) in [6.07, 6.45) is 1.35. The smallest absolute Gasteiger partial charge is 0.123 e. The van der Waals surface area contributed by atoms with Gasteiger partial charge in [0.15, 0.2) is 0 Å². The molecule has 104 valence electrons. The molecule has 2 aromatic carbocycles. The van der Waals surface area contributed by atoms with Crippen molar-refractivity contribution in [1.29, 1.82) is 0 Å². The van der Waals surface area contributed by atoms with Crippen LogP contribution in [0.5, 0.6) is 5.75 Å². The molecule has 1 heterocycles. The molecule has 1 aliphatic rings. The van der Waals surface area contributed by atoms with E-state index in [0.717, 1.165) is 18.8 Å². The molecule has 1 fully saturated rings. The van der Waals surface area contributed by atoms with E-state index in [0.29, 0.717) is 18.6 Å². The molecule has 2 heteroatoms. The second kappa shape index (κ2) is 6.10. The molecule has 0 bridgehead atoms. The normalized spacial score (nSPS) is 18.6. The average Bonchev–Trinajstić information content (AvgIpc) is 3.32. The van der Waals surface area contributed by atoms with Crippen LogP contribution in [0.25, 0.3) is 0 Å². The minimum absolute atomic E-state index is 0.292. The molecule has 2 nitrogen and oxygen atoms in total. The van der Waals surface area contributed by atoms with E-state index in [-0.39, 0.29) is 0 Å². The lowest BCUT2D eigenvalue weighted by Crippen LogP contribution is -2.08. The molecule has 2 aromatic rings. The van der Waals surface area contributed by atoms with Crippen LogP contribution in [-0.4, -0.2) is 19.3 Å². The predicted octanol–water partition coefficient (Wildman–Crippen LogP) is 4.01. The van der Waals surface area contributed by atoms with Crippen molar-refractivity contribution in [3.63, 3.8) is 0 Å². The molecule has 0 amide bonds. The Labute approximate surface area is 120 Å². The highest BCUT2D eigenvalue weighted by Gasteiger charge is 2.24. The van der Waals surface area contributed by atoms with E-state index in [1.54, 1.807) is 0 Å². The van der Waals surface area contributed by atoms with Crippen molar-refractivity contribution in [2.45, 2.75) is 25.4 Å². The molecule has 1 aliphatic heterocycles. The van der Waals surface area contributed by atoms with Crippen LogP contribution >= 0.6 is 0 Å². The highest BCUT2D eigenvalue weighted by Crippen LogP contribution is 2.34. The van der Waals surface area contributed by atoms with Gasteiger partial charge in [-0.25, -0.2) is 0 Å². The summed E-state index contributed by atoms with van der Waals surface area (Å²) in [6.45, 7) is 3.71. The van der Waals surface area contributed by atoms with Gasteiger partial charge in [-0.15, -0.1) is 0 Å². The van der Waals surface area contributed by atoms with Crippen LogP contribution < -0.4 is 4.74 Å². The van der Waals surface area contributed by atoms with Gasteiger partial charge in [-0.1, -0.05) is 55.5 Å². The van der Waals surface area contributed by atoms with Gasteiger partial charge < -0.3 is 9.47 Å². The van der Waals surface area contributed by atoms with Gasteiger partial charge in [0, 0.05) is 11.5 Å². The van der Waals surface area contributed by atoms with E-state index in [1.165, 1.54) is 11.1 Å². The summed E-state index contributed by atoms with van der Waals surface area (Å²) in [6, 6.07) is 19.0. The van der Waals surface area contributed by atoms with Gasteiger partial charge in [-0.3, -0.25) is 0 Å². The van der Waals surface area contributed by atoms with Gasteiger partial charge >= 0.3 is 0 Å². The summed E-state index contributed by atoms with van der Waals surface area (Å²) in [4.78, 5) is 0. The maximum absolute atomic E-state index is 5.94. The zero-order chi connectivity index (χ0) is 13.8. The van der Waals surface area contributed by atoms with Crippen LogP contribution in [0.2, 0.25) is 0 Å². The van der Waals surface area contributed by atoms with E-state index in [4.69, 9.17) is 9.47 Å². The Hall–Kier alpha value is -1.80. The molecule has 0 aliphatic carbocycles. The molecule has 0 spiro atoms. The van der Waals surface area contributed by atoms with Crippen LogP contribution in [0.1, 0.15) is 30.4 Å². The van der Waals surface area contributed by atoms with Gasteiger partial charge in [-0.2, -0.15) is 0 Å². The van der Waals surface area contributed by atoms with E-state index >= 15 is 0 Å². The Kier molecular flexibility index (Phi) is 4.03. The Morgan fingerprint density at radius 1 is 1.10 bits per heavy atom. The fourth-order valence-corrected chi connectivity index (χ4v) is 2.57. The SMILES string of the molecule is CCC(c1ccccc1)c1ccccc1OCC1CO1. The Morgan fingerprint density at radius 2 is 1.80 bits per heavy atom.